The van der Waals surface area contributed by atoms with Crippen LogP contribution in [0, 0.1) is 5.92 Å². The summed E-state index contributed by atoms with van der Waals surface area (Å²) < 4.78 is 24.5. The molecule has 4 N–H and O–H groups in total. The lowest BCUT2D eigenvalue weighted by molar-refractivity contribution is -0.119. The molecule has 5 rings (SSSR count). The average molecular weight is 502 g/mol. The number of nitrogens with two attached hydrogens (primary N) is 1. The van der Waals surface area contributed by atoms with Crippen molar-refractivity contribution in [2.45, 2.75) is 69.7 Å². The Labute approximate surface area is 204 Å². The van der Waals surface area contributed by atoms with Crippen LogP contribution >= 0.6 is 0 Å². The second-order valence-electron chi connectivity index (χ2n) is 10.2. The summed E-state index contributed by atoms with van der Waals surface area (Å²) in [5, 5.41) is 15.9. The van der Waals surface area contributed by atoms with Crippen LogP contribution in [0.15, 0.2) is 15.5 Å². The zero-order chi connectivity index (χ0) is 25.0. The van der Waals surface area contributed by atoms with Gasteiger partial charge in [-0.15, -0.1) is 4.36 Å². The highest BCUT2D eigenvalue weighted by Gasteiger charge is 2.36. The monoisotopic (exact) mass is 501 g/mol. The van der Waals surface area contributed by atoms with E-state index in [1.807, 2.05) is 0 Å². The fourth-order valence-electron chi connectivity index (χ4n) is 5.17. The topological polar surface area (TPSA) is 154 Å². The number of rotatable bonds is 4. The molecule has 35 heavy (non-hydrogen) atoms. The first kappa shape index (κ1) is 23.7. The van der Waals surface area contributed by atoms with E-state index in [2.05, 4.69) is 33.9 Å². The quantitative estimate of drug-likeness (QED) is 0.583. The molecule has 0 radical (unpaired) electrons. The predicted molar refractivity (Wildman–Crippen MR) is 130 cm³/mol. The van der Waals surface area contributed by atoms with Crippen LogP contribution in [-0.2, 0) is 45.9 Å². The molecule has 0 spiro atoms. The van der Waals surface area contributed by atoms with Gasteiger partial charge < -0.3 is 15.4 Å². The lowest BCUT2D eigenvalue weighted by atomic mass is 9.90. The van der Waals surface area contributed by atoms with E-state index in [1.54, 1.807) is 0 Å². The minimum atomic E-state index is -3.60. The highest BCUT2D eigenvalue weighted by Crippen LogP contribution is 2.44. The van der Waals surface area contributed by atoms with Gasteiger partial charge in [-0.25, -0.2) is 18.8 Å². The number of aryl methyl sites for hydroxylation is 1. The molecule has 0 saturated heterocycles. The van der Waals surface area contributed by atoms with E-state index in [9.17, 15) is 13.8 Å². The first-order chi connectivity index (χ1) is 16.5. The second kappa shape index (κ2) is 8.59. The minimum Gasteiger partial charge on any atom is -0.476 e. The van der Waals surface area contributed by atoms with Gasteiger partial charge in [0.15, 0.2) is 9.92 Å². The summed E-state index contributed by atoms with van der Waals surface area (Å²) in [6, 6.07) is -0.760. The van der Waals surface area contributed by atoms with Gasteiger partial charge in [0.05, 0.1) is 30.7 Å². The summed E-state index contributed by atoms with van der Waals surface area (Å²) >= 11 is 0. The number of carbonyl (C=O) groups excluding carboxylic acids is 2. The van der Waals surface area contributed by atoms with Gasteiger partial charge in [-0.2, -0.15) is 5.10 Å². The van der Waals surface area contributed by atoms with Crippen molar-refractivity contribution in [3.8, 4) is 5.88 Å². The number of urea groups is 1. The fraction of sp³-hybridized carbons (Fsp3) is 0.565. The Hall–Kier alpha value is -2.99. The van der Waals surface area contributed by atoms with Crippen LogP contribution in [0.1, 0.15) is 56.1 Å². The Bertz CT molecular complexity index is 1340. The maximum absolute atomic E-state index is 13.3. The maximum atomic E-state index is 13.3. The van der Waals surface area contributed by atoms with E-state index >= 15 is 0 Å². The van der Waals surface area contributed by atoms with Crippen LogP contribution in [0.5, 0.6) is 5.88 Å². The minimum absolute atomic E-state index is 0.00773. The van der Waals surface area contributed by atoms with Crippen LogP contribution in [0.2, 0.25) is 0 Å². The van der Waals surface area contributed by atoms with Gasteiger partial charge in [0.25, 0.3) is 0 Å². The number of fused-ring (bicyclic) bond motifs is 3. The van der Waals surface area contributed by atoms with E-state index in [4.69, 9.17) is 14.9 Å². The highest BCUT2D eigenvalue weighted by atomic mass is 32.2. The summed E-state index contributed by atoms with van der Waals surface area (Å²) in [6.07, 6.45) is 5.82. The summed E-state index contributed by atoms with van der Waals surface area (Å²) in [4.78, 5) is 29.2. The fourth-order valence-corrected chi connectivity index (χ4v) is 6.18. The largest absolute Gasteiger partial charge is 0.476 e. The molecule has 2 unspecified atom stereocenters. The van der Waals surface area contributed by atoms with E-state index in [0.717, 1.165) is 60.3 Å². The molecule has 0 bridgehead atoms. The average Bonchev–Trinajstić information content (AvgIpc) is 3.49. The second-order valence-corrected chi connectivity index (χ2v) is 11.9. The SMILES string of the molecule is CC(=O)NCC1COc2c(S(N)(=O)=NC(=O)Nc3c4c(nc5c3CCC5(C)C)CCC4)cnn2C1. The smallest absolute Gasteiger partial charge is 0.354 e. The number of aromatic nitrogens is 3. The molecule has 2 aromatic heterocycles. The lowest BCUT2D eigenvalue weighted by Gasteiger charge is -2.24. The standard InChI is InChI=1S/C23H31N7O4S/c1-13(31)25-9-14-11-30-21(34-12-14)18(10-26-30)35(24,33)29-22(32)28-19-15-5-4-6-17(15)27-20-16(19)7-8-23(20,2)3/h10,14H,4-9,11-12H2,1-3H3,(H,25,31)(H3,24,27,28,29,32,33). The molecule has 2 atom stereocenters. The molecular weight excluding hydrogens is 470 g/mol. The molecule has 12 heteroatoms. The van der Waals surface area contributed by atoms with Gasteiger partial charge in [0.1, 0.15) is 4.90 Å². The molecule has 11 nitrogen and oxygen atoms in total. The van der Waals surface area contributed by atoms with Crippen molar-refractivity contribution >= 4 is 27.5 Å². The van der Waals surface area contributed by atoms with Crippen LogP contribution in [-0.4, -0.2) is 44.1 Å². The molecule has 3 aliphatic rings. The highest BCUT2D eigenvalue weighted by molar-refractivity contribution is 7.91. The van der Waals surface area contributed by atoms with Crippen molar-refractivity contribution in [1.29, 1.82) is 0 Å². The third kappa shape index (κ3) is 4.40. The maximum Gasteiger partial charge on any atom is 0.354 e. The Morgan fingerprint density at radius 1 is 1.31 bits per heavy atom. The summed E-state index contributed by atoms with van der Waals surface area (Å²) in [5.74, 6) is 0.120. The Kier molecular flexibility index (Phi) is 5.83. The van der Waals surface area contributed by atoms with E-state index < -0.39 is 15.9 Å². The summed E-state index contributed by atoms with van der Waals surface area (Å²) in [6.45, 7) is 6.98. The van der Waals surface area contributed by atoms with Gasteiger partial charge in [-0.3, -0.25) is 9.78 Å². The van der Waals surface area contributed by atoms with Crippen LogP contribution in [0.25, 0.3) is 0 Å². The summed E-state index contributed by atoms with van der Waals surface area (Å²) in [7, 11) is -3.60. The van der Waals surface area contributed by atoms with E-state index in [-0.39, 0.29) is 28.0 Å². The number of hydrogen-bond acceptors (Lipinski definition) is 6. The number of carbonyl (C=O) groups is 2. The van der Waals surface area contributed by atoms with Gasteiger partial charge in [0.2, 0.25) is 11.8 Å². The van der Waals surface area contributed by atoms with Crippen molar-refractivity contribution in [2.24, 2.45) is 15.4 Å². The molecule has 0 saturated carbocycles. The molecular formula is C23H31N7O4S. The van der Waals surface area contributed by atoms with Crippen LogP contribution < -0.4 is 20.5 Å². The molecule has 2 aliphatic carbocycles. The number of nitrogens with one attached hydrogen (secondary N) is 2. The number of hydrogen-bond donors (Lipinski definition) is 3. The summed E-state index contributed by atoms with van der Waals surface area (Å²) in [5.41, 5.74) is 4.83. The van der Waals surface area contributed by atoms with Crippen molar-refractivity contribution < 1.29 is 18.5 Å². The van der Waals surface area contributed by atoms with E-state index in [1.165, 1.54) is 17.8 Å². The number of ether oxygens (including phenoxy) is 1. The molecule has 1 aliphatic heterocycles. The number of amides is 3. The van der Waals surface area contributed by atoms with Crippen molar-refractivity contribution in [3.05, 3.63) is 28.7 Å². The van der Waals surface area contributed by atoms with Gasteiger partial charge in [0, 0.05) is 30.5 Å². The van der Waals surface area contributed by atoms with Gasteiger partial charge >= 0.3 is 6.03 Å². The first-order valence-electron chi connectivity index (χ1n) is 11.9. The Morgan fingerprint density at radius 3 is 2.89 bits per heavy atom. The Morgan fingerprint density at radius 2 is 2.11 bits per heavy atom. The number of nitrogens with zero attached hydrogens (tertiary/aromatic N) is 4. The first-order valence-corrected chi connectivity index (χ1v) is 13.5. The predicted octanol–water partition coefficient (Wildman–Crippen LogP) is 2.07. The van der Waals surface area contributed by atoms with Crippen molar-refractivity contribution in [2.75, 3.05) is 18.5 Å². The molecule has 3 amide bonds. The van der Waals surface area contributed by atoms with Crippen LogP contribution in [0.3, 0.4) is 0 Å². The lowest BCUT2D eigenvalue weighted by Crippen LogP contribution is -2.36. The normalized spacial score (nSPS) is 21.2. The molecule has 0 fully saturated rings. The molecule has 3 heterocycles. The zero-order valence-electron chi connectivity index (χ0n) is 20.2. The zero-order valence-corrected chi connectivity index (χ0v) is 21.0. The number of anilines is 1. The van der Waals surface area contributed by atoms with Crippen molar-refractivity contribution in [1.82, 2.24) is 20.1 Å². The Balaban J connectivity index is 1.40. The van der Waals surface area contributed by atoms with Gasteiger partial charge in [-0.05, 0) is 43.2 Å². The molecule has 2 aromatic rings. The third-order valence-electron chi connectivity index (χ3n) is 7.02. The molecule has 188 valence electrons. The third-order valence-corrected chi connectivity index (χ3v) is 8.36. The van der Waals surface area contributed by atoms with Crippen molar-refractivity contribution in [3.63, 3.8) is 0 Å². The number of pyridine rings is 1. The van der Waals surface area contributed by atoms with Crippen LogP contribution in [0.4, 0.5) is 10.5 Å². The van der Waals surface area contributed by atoms with Gasteiger partial charge in [-0.1, -0.05) is 13.8 Å². The van der Waals surface area contributed by atoms with E-state index in [0.29, 0.717) is 19.7 Å². The molecule has 0 aromatic carbocycles.